The molecule has 0 amide bonds. The van der Waals surface area contributed by atoms with Crippen LogP contribution in [0.2, 0.25) is 0 Å². The van der Waals surface area contributed by atoms with Gasteiger partial charge in [0.15, 0.2) is 0 Å². The molecule has 2 atom stereocenters. The zero-order valence-electron chi connectivity index (χ0n) is 8.31. The molecule has 0 spiro atoms. The van der Waals surface area contributed by atoms with Crippen molar-refractivity contribution in [3.05, 3.63) is 35.4 Å². The molecule has 2 rings (SSSR count). The Kier molecular flexibility index (Phi) is 2.08. The molecule has 0 saturated heterocycles. The number of rotatable bonds is 1. The molecule has 2 N–H and O–H groups in total. The van der Waals surface area contributed by atoms with E-state index in [2.05, 4.69) is 0 Å². The summed E-state index contributed by atoms with van der Waals surface area (Å²) >= 11 is 0. The Labute approximate surface area is 86.1 Å². The molecule has 1 aromatic rings. The summed E-state index contributed by atoms with van der Waals surface area (Å²) in [6.45, 7) is 1.90. The number of alkyl halides is 3. The van der Waals surface area contributed by atoms with Crippen LogP contribution in [0, 0.1) is 0 Å². The van der Waals surface area contributed by atoms with E-state index in [1.54, 1.807) is 6.07 Å². The molecule has 0 radical (unpaired) electrons. The first-order chi connectivity index (χ1) is 6.84. The van der Waals surface area contributed by atoms with E-state index < -0.39 is 11.7 Å². The van der Waals surface area contributed by atoms with Crippen LogP contribution in [0.5, 0.6) is 0 Å². The van der Waals surface area contributed by atoms with Crippen molar-refractivity contribution < 1.29 is 13.2 Å². The van der Waals surface area contributed by atoms with Gasteiger partial charge in [-0.1, -0.05) is 25.1 Å². The van der Waals surface area contributed by atoms with Crippen LogP contribution in [0.4, 0.5) is 13.2 Å². The zero-order valence-corrected chi connectivity index (χ0v) is 8.31. The van der Waals surface area contributed by atoms with Crippen LogP contribution in [0.3, 0.4) is 0 Å². The minimum absolute atomic E-state index is 0.0130. The van der Waals surface area contributed by atoms with Crippen LogP contribution in [-0.4, -0.2) is 6.04 Å². The van der Waals surface area contributed by atoms with Gasteiger partial charge in [-0.3, -0.25) is 0 Å². The fourth-order valence-electron chi connectivity index (χ4n) is 1.78. The number of hydrogen-bond donors (Lipinski definition) is 1. The van der Waals surface area contributed by atoms with Crippen molar-refractivity contribution in [2.45, 2.75) is 31.0 Å². The number of nitrogens with two attached hydrogens (primary N) is 1. The summed E-state index contributed by atoms with van der Waals surface area (Å²) in [6.07, 6.45) is -3.51. The molecule has 1 fully saturated rings. The van der Waals surface area contributed by atoms with Crippen LogP contribution in [0.15, 0.2) is 24.3 Å². The second kappa shape index (κ2) is 2.98. The van der Waals surface area contributed by atoms with Crippen molar-refractivity contribution in [2.75, 3.05) is 0 Å². The first kappa shape index (κ1) is 10.5. The largest absolute Gasteiger partial charge is 0.416 e. The maximum absolute atomic E-state index is 12.4. The fourth-order valence-corrected chi connectivity index (χ4v) is 1.78. The lowest BCUT2D eigenvalue weighted by Crippen LogP contribution is -2.15. The minimum atomic E-state index is -4.27. The molecule has 1 aliphatic carbocycles. The van der Waals surface area contributed by atoms with Crippen LogP contribution >= 0.6 is 0 Å². The van der Waals surface area contributed by atoms with Crippen LogP contribution in [0.1, 0.15) is 24.5 Å². The van der Waals surface area contributed by atoms with Gasteiger partial charge in [-0.05, 0) is 18.1 Å². The number of hydrogen-bond acceptors (Lipinski definition) is 1. The Morgan fingerprint density at radius 2 is 2.00 bits per heavy atom. The summed E-state index contributed by atoms with van der Waals surface area (Å²) in [4.78, 5) is 0. The lowest BCUT2D eigenvalue weighted by atomic mass is 9.95. The second-order valence-electron chi connectivity index (χ2n) is 4.31. The van der Waals surface area contributed by atoms with E-state index in [9.17, 15) is 13.2 Å². The van der Waals surface area contributed by atoms with Gasteiger partial charge in [0.2, 0.25) is 0 Å². The molecule has 0 bridgehead atoms. The predicted octanol–water partition coefficient (Wildman–Crippen LogP) is 2.69. The highest BCUT2D eigenvalue weighted by atomic mass is 19.4. The molecule has 1 aromatic carbocycles. The van der Waals surface area contributed by atoms with Crippen molar-refractivity contribution in [1.82, 2.24) is 0 Å². The van der Waals surface area contributed by atoms with Crippen molar-refractivity contribution in [3.63, 3.8) is 0 Å². The average molecular weight is 215 g/mol. The van der Waals surface area contributed by atoms with E-state index in [-0.39, 0.29) is 11.5 Å². The summed E-state index contributed by atoms with van der Waals surface area (Å²) in [5.41, 5.74) is 5.54. The summed E-state index contributed by atoms with van der Waals surface area (Å²) in [5, 5.41) is 0. The Morgan fingerprint density at radius 3 is 2.47 bits per heavy atom. The van der Waals surface area contributed by atoms with Gasteiger partial charge in [0, 0.05) is 11.5 Å². The molecule has 1 nitrogen and oxygen atoms in total. The predicted molar refractivity (Wildman–Crippen MR) is 51.4 cm³/mol. The topological polar surface area (TPSA) is 26.0 Å². The standard InChI is InChI=1S/C11H12F3N/c1-10(6-9(10)15)7-3-2-4-8(5-7)11(12,13)14/h2-5,9H,6,15H2,1H3. The van der Waals surface area contributed by atoms with Gasteiger partial charge in [0.05, 0.1) is 5.56 Å². The van der Waals surface area contributed by atoms with Gasteiger partial charge in [-0.25, -0.2) is 0 Å². The molecule has 2 unspecified atom stereocenters. The van der Waals surface area contributed by atoms with E-state index >= 15 is 0 Å². The molecule has 4 heteroatoms. The highest BCUT2D eigenvalue weighted by Gasteiger charge is 2.49. The van der Waals surface area contributed by atoms with Crippen LogP contribution in [0.25, 0.3) is 0 Å². The van der Waals surface area contributed by atoms with Crippen molar-refractivity contribution in [3.8, 4) is 0 Å². The van der Waals surface area contributed by atoms with Crippen LogP contribution in [-0.2, 0) is 11.6 Å². The number of benzene rings is 1. The van der Waals surface area contributed by atoms with Gasteiger partial charge in [-0.15, -0.1) is 0 Å². The zero-order chi connectivity index (χ0) is 11.3. The lowest BCUT2D eigenvalue weighted by Gasteiger charge is -2.13. The summed E-state index contributed by atoms with van der Waals surface area (Å²) < 4.78 is 37.3. The molecule has 0 heterocycles. The van der Waals surface area contributed by atoms with Gasteiger partial charge < -0.3 is 5.73 Å². The summed E-state index contributed by atoms with van der Waals surface area (Å²) in [6, 6.07) is 5.42. The van der Waals surface area contributed by atoms with Crippen molar-refractivity contribution in [2.24, 2.45) is 5.73 Å². The Morgan fingerprint density at radius 1 is 1.40 bits per heavy atom. The monoisotopic (exact) mass is 215 g/mol. The summed E-state index contributed by atoms with van der Waals surface area (Å²) in [7, 11) is 0. The third-order valence-electron chi connectivity index (χ3n) is 3.15. The van der Waals surface area contributed by atoms with Gasteiger partial charge >= 0.3 is 6.18 Å². The van der Waals surface area contributed by atoms with E-state index in [4.69, 9.17) is 5.73 Å². The van der Waals surface area contributed by atoms with Gasteiger partial charge in [0.25, 0.3) is 0 Å². The molecule has 1 saturated carbocycles. The molecule has 82 valence electrons. The fraction of sp³-hybridized carbons (Fsp3) is 0.455. The third-order valence-corrected chi connectivity index (χ3v) is 3.15. The van der Waals surface area contributed by atoms with E-state index in [1.165, 1.54) is 12.1 Å². The molecular weight excluding hydrogens is 203 g/mol. The quantitative estimate of drug-likeness (QED) is 0.765. The van der Waals surface area contributed by atoms with Crippen molar-refractivity contribution >= 4 is 0 Å². The smallest absolute Gasteiger partial charge is 0.327 e. The Balaban J connectivity index is 2.36. The minimum Gasteiger partial charge on any atom is -0.327 e. The molecular formula is C11H12F3N. The Hall–Kier alpha value is -1.03. The lowest BCUT2D eigenvalue weighted by molar-refractivity contribution is -0.137. The normalized spacial score (nSPS) is 30.3. The maximum atomic E-state index is 12.4. The second-order valence-corrected chi connectivity index (χ2v) is 4.31. The summed E-state index contributed by atoms with van der Waals surface area (Å²) in [5.74, 6) is 0. The third kappa shape index (κ3) is 1.74. The van der Waals surface area contributed by atoms with Crippen LogP contribution < -0.4 is 5.73 Å². The molecule has 1 aliphatic rings. The van der Waals surface area contributed by atoms with Gasteiger partial charge in [0.1, 0.15) is 0 Å². The SMILES string of the molecule is CC1(c2cccc(C(F)(F)F)c2)CC1N. The molecule has 0 aromatic heterocycles. The highest BCUT2D eigenvalue weighted by Crippen LogP contribution is 2.47. The molecule has 0 aliphatic heterocycles. The molecule has 15 heavy (non-hydrogen) atoms. The number of halogens is 3. The van der Waals surface area contributed by atoms with E-state index in [0.717, 1.165) is 12.5 Å². The van der Waals surface area contributed by atoms with E-state index in [1.807, 2.05) is 6.92 Å². The van der Waals surface area contributed by atoms with Gasteiger partial charge in [-0.2, -0.15) is 13.2 Å². The van der Waals surface area contributed by atoms with Crippen molar-refractivity contribution in [1.29, 1.82) is 0 Å². The first-order valence-corrected chi connectivity index (χ1v) is 4.77. The van der Waals surface area contributed by atoms with E-state index in [0.29, 0.717) is 5.56 Å². The first-order valence-electron chi connectivity index (χ1n) is 4.77. The Bertz CT molecular complexity index is 386. The highest BCUT2D eigenvalue weighted by molar-refractivity contribution is 5.38. The average Bonchev–Trinajstić information content (AvgIpc) is 2.75. The maximum Gasteiger partial charge on any atom is 0.416 e.